The van der Waals surface area contributed by atoms with Gasteiger partial charge in [0.2, 0.25) is 0 Å². The van der Waals surface area contributed by atoms with Crippen molar-refractivity contribution in [2.75, 3.05) is 0 Å². The molecule has 0 bridgehead atoms. The Hall–Kier alpha value is -1.77. The summed E-state index contributed by atoms with van der Waals surface area (Å²) in [4.78, 5) is 0. The first-order valence-corrected chi connectivity index (χ1v) is 4.81. The highest BCUT2D eigenvalue weighted by Gasteiger charge is 2.08. The van der Waals surface area contributed by atoms with E-state index in [-0.39, 0.29) is 11.4 Å². The van der Waals surface area contributed by atoms with Crippen molar-refractivity contribution in [3.63, 3.8) is 0 Å². The van der Waals surface area contributed by atoms with Crippen molar-refractivity contribution in [1.29, 1.82) is 0 Å². The summed E-state index contributed by atoms with van der Waals surface area (Å²) in [6.45, 7) is 0. The van der Waals surface area contributed by atoms with Gasteiger partial charge in [-0.25, -0.2) is 13.2 Å². The molecule has 0 heterocycles. The van der Waals surface area contributed by atoms with Crippen molar-refractivity contribution in [3.05, 3.63) is 59.9 Å². The van der Waals surface area contributed by atoms with Gasteiger partial charge in [-0.15, -0.1) is 0 Å². The summed E-state index contributed by atoms with van der Waals surface area (Å²) in [7, 11) is 0. The predicted octanol–water partition coefficient (Wildman–Crippen LogP) is 4.43. The molecule has 2 rings (SSSR count). The Balaban J connectivity index is 2.39. The van der Waals surface area contributed by atoms with Crippen LogP contribution in [0, 0.1) is 5.82 Å². The zero-order valence-electron chi connectivity index (χ0n) is 8.33. The van der Waals surface area contributed by atoms with Gasteiger partial charge >= 0.3 is 0 Å². The van der Waals surface area contributed by atoms with Gasteiger partial charge in [-0.2, -0.15) is 0 Å². The Morgan fingerprint density at radius 2 is 1.44 bits per heavy atom. The molecule has 2 aromatic rings. The van der Waals surface area contributed by atoms with E-state index in [1.807, 2.05) is 0 Å². The lowest BCUT2D eigenvalue weighted by atomic mass is 10.0. The highest BCUT2D eigenvalue weighted by Crippen LogP contribution is 2.25. The van der Waals surface area contributed by atoms with Crippen molar-refractivity contribution in [3.8, 4) is 11.1 Å². The summed E-state index contributed by atoms with van der Waals surface area (Å²) in [6.07, 6.45) is -2.49. The number of hydrogen-bond acceptors (Lipinski definition) is 0. The molecule has 0 aromatic heterocycles. The van der Waals surface area contributed by atoms with Crippen LogP contribution in [0.4, 0.5) is 13.2 Å². The number of benzene rings is 2. The van der Waals surface area contributed by atoms with Gasteiger partial charge in [0.25, 0.3) is 6.43 Å². The maximum Gasteiger partial charge on any atom is 0.263 e. The molecule has 0 atom stereocenters. The van der Waals surface area contributed by atoms with Crippen molar-refractivity contribution in [2.45, 2.75) is 6.43 Å². The second-order valence-electron chi connectivity index (χ2n) is 3.40. The molecular formula is C13H9F3. The lowest BCUT2D eigenvalue weighted by Crippen LogP contribution is -1.86. The van der Waals surface area contributed by atoms with E-state index >= 15 is 0 Å². The maximum absolute atomic E-state index is 13.4. The van der Waals surface area contributed by atoms with Gasteiger partial charge in [-0.1, -0.05) is 42.5 Å². The van der Waals surface area contributed by atoms with E-state index in [0.717, 1.165) is 0 Å². The van der Waals surface area contributed by atoms with Gasteiger partial charge in [0.15, 0.2) is 0 Å². The minimum atomic E-state index is -2.49. The van der Waals surface area contributed by atoms with Crippen molar-refractivity contribution in [1.82, 2.24) is 0 Å². The highest BCUT2D eigenvalue weighted by molar-refractivity contribution is 5.64. The monoisotopic (exact) mass is 222 g/mol. The van der Waals surface area contributed by atoms with E-state index in [1.54, 1.807) is 18.2 Å². The lowest BCUT2D eigenvalue weighted by Gasteiger charge is -2.04. The van der Waals surface area contributed by atoms with Crippen molar-refractivity contribution in [2.24, 2.45) is 0 Å². The molecule has 0 saturated heterocycles. The quantitative estimate of drug-likeness (QED) is 0.705. The fourth-order valence-corrected chi connectivity index (χ4v) is 1.50. The summed E-state index contributed by atoms with van der Waals surface area (Å²) in [5.41, 5.74) is 0.964. The van der Waals surface area contributed by atoms with Crippen LogP contribution in [0.25, 0.3) is 11.1 Å². The molecule has 0 saturated carbocycles. The van der Waals surface area contributed by atoms with E-state index < -0.39 is 6.43 Å². The van der Waals surface area contributed by atoms with Crippen molar-refractivity contribution >= 4 is 0 Å². The Morgan fingerprint density at radius 3 is 2.00 bits per heavy atom. The average molecular weight is 222 g/mol. The molecule has 0 unspecified atom stereocenters. The third-order valence-electron chi connectivity index (χ3n) is 2.35. The van der Waals surface area contributed by atoms with Gasteiger partial charge in [0.05, 0.1) is 0 Å². The van der Waals surface area contributed by atoms with Gasteiger partial charge in [0, 0.05) is 11.1 Å². The van der Waals surface area contributed by atoms with Crippen LogP contribution < -0.4 is 0 Å². The van der Waals surface area contributed by atoms with Gasteiger partial charge in [-0.05, 0) is 11.6 Å². The molecule has 0 radical (unpaired) electrons. The molecule has 0 N–H and O–H groups in total. The summed E-state index contributed by atoms with van der Waals surface area (Å²) in [5, 5.41) is 0. The molecule has 0 nitrogen and oxygen atoms in total. The second kappa shape index (κ2) is 4.39. The lowest BCUT2D eigenvalue weighted by molar-refractivity contribution is 0.151. The Labute approximate surface area is 91.4 Å². The van der Waals surface area contributed by atoms with Crippen LogP contribution >= 0.6 is 0 Å². The molecule has 0 aliphatic rings. The number of rotatable bonds is 2. The van der Waals surface area contributed by atoms with E-state index in [4.69, 9.17) is 0 Å². The largest absolute Gasteiger partial charge is 0.263 e. The minimum Gasteiger partial charge on any atom is -0.206 e. The molecular weight excluding hydrogens is 213 g/mol. The molecule has 0 amide bonds. The van der Waals surface area contributed by atoms with E-state index in [0.29, 0.717) is 11.1 Å². The van der Waals surface area contributed by atoms with Crippen LogP contribution in [0.15, 0.2) is 48.5 Å². The fourth-order valence-electron chi connectivity index (χ4n) is 1.50. The van der Waals surface area contributed by atoms with Crippen LogP contribution in [0.2, 0.25) is 0 Å². The first-order chi connectivity index (χ1) is 7.68. The van der Waals surface area contributed by atoms with Crippen LogP contribution in [-0.4, -0.2) is 0 Å². The first kappa shape index (κ1) is 10.7. The van der Waals surface area contributed by atoms with Gasteiger partial charge < -0.3 is 0 Å². The summed E-state index contributed by atoms with van der Waals surface area (Å²) in [5.74, 6) is -0.354. The summed E-state index contributed by atoms with van der Waals surface area (Å²) in [6, 6.07) is 11.9. The van der Waals surface area contributed by atoms with Crippen molar-refractivity contribution < 1.29 is 13.2 Å². The van der Waals surface area contributed by atoms with Crippen LogP contribution in [0.3, 0.4) is 0 Å². The van der Waals surface area contributed by atoms with Crippen LogP contribution in [-0.2, 0) is 0 Å². The first-order valence-electron chi connectivity index (χ1n) is 4.81. The standard InChI is InChI=1S/C13H9F3/c14-12-4-2-1-3-11(12)9-5-7-10(8-6-9)13(15)16/h1-8,13H. The topological polar surface area (TPSA) is 0 Å². The molecule has 16 heavy (non-hydrogen) atoms. The molecule has 0 aliphatic heterocycles. The number of alkyl halides is 2. The Kier molecular flexibility index (Phi) is 2.95. The van der Waals surface area contributed by atoms with Gasteiger partial charge in [0.1, 0.15) is 5.82 Å². The molecule has 0 spiro atoms. The highest BCUT2D eigenvalue weighted by atomic mass is 19.3. The van der Waals surface area contributed by atoms with Crippen LogP contribution in [0.5, 0.6) is 0 Å². The Bertz CT molecular complexity index is 475. The SMILES string of the molecule is Fc1ccccc1-c1ccc(C(F)F)cc1. The number of hydrogen-bond donors (Lipinski definition) is 0. The van der Waals surface area contributed by atoms with E-state index in [9.17, 15) is 13.2 Å². The zero-order valence-corrected chi connectivity index (χ0v) is 8.33. The third-order valence-corrected chi connectivity index (χ3v) is 2.35. The Morgan fingerprint density at radius 1 is 0.812 bits per heavy atom. The predicted molar refractivity (Wildman–Crippen MR) is 56.8 cm³/mol. The second-order valence-corrected chi connectivity index (χ2v) is 3.40. The minimum absolute atomic E-state index is 0.0555. The summed E-state index contributed by atoms with van der Waals surface area (Å²) < 4.78 is 38.0. The molecule has 2 aromatic carbocycles. The molecule has 3 heteroatoms. The number of halogens is 3. The zero-order chi connectivity index (χ0) is 11.5. The average Bonchev–Trinajstić information content (AvgIpc) is 2.30. The van der Waals surface area contributed by atoms with Gasteiger partial charge in [-0.3, -0.25) is 0 Å². The smallest absolute Gasteiger partial charge is 0.206 e. The molecule has 82 valence electrons. The summed E-state index contributed by atoms with van der Waals surface area (Å²) >= 11 is 0. The maximum atomic E-state index is 13.4. The van der Waals surface area contributed by atoms with E-state index in [2.05, 4.69) is 0 Å². The fraction of sp³-hybridized carbons (Fsp3) is 0.0769. The van der Waals surface area contributed by atoms with Crippen LogP contribution in [0.1, 0.15) is 12.0 Å². The molecule has 0 aliphatic carbocycles. The molecule has 0 fully saturated rings. The normalized spacial score (nSPS) is 10.8. The van der Waals surface area contributed by atoms with E-state index in [1.165, 1.54) is 30.3 Å². The third kappa shape index (κ3) is 2.08.